The molecule has 1 atom stereocenters. The van der Waals surface area contributed by atoms with Crippen LogP contribution >= 0.6 is 11.6 Å². The average molecular weight is 548 g/mol. The second-order valence-corrected chi connectivity index (χ2v) is 8.96. The third kappa shape index (κ3) is 6.39. The number of rotatable bonds is 8. The van der Waals surface area contributed by atoms with Crippen LogP contribution in [-0.2, 0) is 16.0 Å². The van der Waals surface area contributed by atoms with Crippen molar-refractivity contribution in [3.05, 3.63) is 88.4 Å². The van der Waals surface area contributed by atoms with E-state index < -0.39 is 24.7 Å². The average Bonchev–Trinajstić information content (AvgIpc) is 2.89. The van der Waals surface area contributed by atoms with Gasteiger partial charge in [0.25, 0.3) is 5.91 Å². The lowest BCUT2D eigenvalue weighted by Crippen LogP contribution is -2.44. The molecule has 1 unspecified atom stereocenters. The second-order valence-electron chi connectivity index (χ2n) is 8.55. The number of carbonyl (C=O) groups excluding carboxylic acids is 2. The molecule has 0 spiro atoms. The maximum absolute atomic E-state index is 13.7. The fraction of sp³-hybridized carbons (Fsp3) is 0.286. The van der Waals surface area contributed by atoms with E-state index in [4.69, 9.17) is 25.8 Å². The van der Waals surface area contributed by atoms with Gasteiger partial charge in [0, 0.05) is 23.7 Å². The number of amides is 1. The standard InChI is InChI=1S/C28H25ClF3NO5/c1-2-36-27(35)21-13-15-37-24-17-25(23(29)16-22(21)24)38-20-10-8-19(9-11-20)26(34)33(28(30,31)32)14-12-18-6-4-3-5-7-18/h3-11,16-17,21H,2,12-15H2,1H3. The van der Waals surface area contributed by atoms with Crippen LogP contribution in [0.15, 0.2) is 66.7 Å². The summed E-state index contributed by atoms with van der Waals surface area (Å²) in [6.45, 7) is 1.79. The van der Waals surface area contributed by atoms with Crippen LogP contribution in [-0.4, -0.2) is 42.8 Å². The van der Waals surface area contributed by atoms with E-state index in [0.717, 1.165) is 0 Å². The van der Waals surface area contributed by atoms with Crippen molar-refractivity contribution in [3.63, 3.8) is 0 Å². The first-order valence-electron chi connectivity index (χ1n) is 12.0. The molecule has 1 aliphatic heterocycles. The molecule has 38 heavy (non-hydrogen) atoms. The molecule has 0 saturated carbocycles. The van der Waals surface area contributed by atoms with Crippen LogP contribution in [0.4, 0.5) is 13.2 Å². The van der Waals surface area contributed by atoms with Crippen molar-refractivity contribution in [2.75, 3.05) is 19.8 Å². The van der Waals surface area contributed by atoms with Gasteiger partial charge in [0.15, 0.2) is 0 Å². The number of fused-ring (bicyclic) bond motifs is 1. The van der Waals surface area contributed by atoms with E-state index in [9.17, 15) is 22.8 Å². The van der Waals surface area contributed by atoms with Gasteiger partial charge in [-0.3, -0.25) is 9.59 Å². The van der Waals surface area contributed by atoms with Gasteiger partial charge in [-0.05, 0) is 55.7 Å². The Morgan fingerprint density at radius 3 is 2.45 bits per heavy atom. The Morgan fingerprint density at radius 2 is 1.79 bits per heavy atom. The second kappa shape index (κ2) is 11.8. The monoisotopic (exact) mass is 547 g/mol. The molecule has 1 amide bonds. The van der Waals surface area contributed by atoms with Crippen molar-refractivity contribution < 1.29 is 37.0 Å². The molecule has 1 heterocycles. The molecule has 10 heteroatoms. The number of esters is 1. The van der Waals surface area contributed by atoms with E-state index in [1.54, 1.807) is 49.4 Å². The molecule has 3 aromatic rings. The van der Waals surface area contributed by atoms with Crippen molar-refractivity contribution in [3.8, 4) is 17.2 Å². The lowest BCUT2D eigenvalue weighted by molar-refractivity contribution is -0.224. The summed E-state index contributed by atoms with van der Waals surface area (Å²) in [5.41, 5.74) is 1.15. The fourth-order valence-electron chi connectivity index (χ4n) is 4.13. The summed E-state index contributed by atoms with van der Waals surface area (Å²) in [4.78, 5) is 24.9. The van der Waals surface area contributed by atoms with Crippen molar-refractivity contribution in [2.45, 2.75) is 32.0 Å². The summed E-state index contributed by atoms with van der Waals surface area (Å²) in [6.07, 6.45) is -4.32. The van der Waals surface area contributed by atoms with Crippen molar-refractivity contribution in [2.24, 2.45) is 0 Å². The van der Waals surface area contributed by atoms with E-state index in [1.807, 2.05) is 0 Å². The third-order valence-corrected chi connectivity index (χ3v) is 6.32. The third-order valence-electron chi connectivity index (χ3n) is 6.02. The topological polar surface area (TPSA) is 65.1 Å². The zero-order valence-electron chi connectivity index (χ0n) is 20.5. The molecular formula is C28H25ClF3NO5. The number of ether oxygens (including phenoxy) is 3. The highest BCUT2D eigenvalue weighted by Gasteiger charge is 2.41. The Balaban J connectivity index is 1.48. The molecule has 1 aliphatic rings. The Kier molecular flexibility index (Phi) is 8.46. The van der Waals surface area contributed by atoms with Gasteiger partial charge in [-0.1, -0.05) is 41.9 Å². The van der Waals surface area contributed by atoms with Gasteiger partial charge < -0.3 is 14.2 Å². The molecule has 3 aromatic carbocycles. The molecule has 0 aromatic heterocycles. The first-order chi connectivity index (χ1) is 18.2. The summed E-state index contributed by atoms with van der Waals surface area (Å²) in [5.74, 6) is -1.12. The lowest BCUT2D eigenvalue weighted by Gasteiger charge is -2.25. The molecule has 4 rings (SSSR count). The summed E-state index contributed by atoms with van der Waals surface area (Å²) in [6, 6.07) is 17.1. The maximum Gasteiger partial charge on any atom is 0.487 e. The van der Waals surface area contributed by atoms with Gasteiger partial charge in [-0.2, -0.15) is 0 Å². The summed E-state index contributed by atoms with van der Waals surface area (Å²) in [7, 11) is 0. The minimum absolute atomic E-state index is 0.0587. The minimum atomic E-state index is -4.83. The molecule has 0 aliphatic carbocycles. The predicted molar refractivity (Wildman–Crippen MR) is 135 cm³/mol. The SMILES string of the molecule is CCOC(=O)C1CCOc2cc(Oc3ccc(C(=O)N(CCc4ccccc4)C(F)(F)F)cc3)c(Cl)cc21. The Labute approximate surface area is 222 Å². The number of halogens is 4. The number of hydrogen-bond acceptors (Lipinski definition) is 5. The van der Waals surface area contributed by atoms with E-state index in [0.29, 0.717) is 29.9 Å². The largest absolute Gasteiger partial charge is 0.493 e. The normalized spacial score (nSPS) is 14.7. The highest BCUT2D eigenvalue weighted by Crippen LogP contribution is 2.42. The number of hydrogen-bond donors (Lipinski definition) is 0. The van der Waals surface area contributed by atoms with Crippen LogP contribution in [0, 0.1) is 0 Å². The maximum atomic E-state index is 13.7. The van der Waals surface area contributed by atoms with Crippen molar-refractivity contribution >= 4 is 23.5 Å². The van der Waals surface area contributed by atoms with Crippen LogP contribution in [0.5, 0.6) is 17.2 Å². The highest BCUT2D eigenvalue weighted by atomic mass is 35.5. The predicted octanol–water partition coefficient (Wildman–Crippen LogP) is 6.77. The highest BCUT2D eigenvalue weighted by molar-refractivity contribution is 6.32. The van der Waals surface area contributed by atoms with Gasteiger partial charge >= 0.3 is 12.3 Å². The zero-order valence-corrected chi connectivity index (χ0v) is 21.2. The molecule has 200 valence electrons. The first kappa shape index (κ1) is 27.3. The van der Waals surface area contributed by atoms with Gasteiger partial charge in [-0.15, -0.1) is 13.2 Å². The van der Waals surface area contributed by atoms with Crippen molar-refractivity contribution in [1.82, 2.24) is 4.90 Å². The summed E-state index contributed by atoms with van der Waals surface area (Å²) in [5, 5.41) is 0.216. The first-order valence-corrected chi connectivity index (χ1v) is 12.4. The molecule has 0 N–H and O–H groups in total. The van der Waals surface area contributed by atoms with Crippen LogP contribution in [0.25, 0.3) is 0 Å². The Hall–Kier alpha value is -3.72. The van der Waals surface area contributed by atoms with E-state index in [1.165, 1.54) is 24.3 Å². The van der Waals surface area contributed by atoms with Gasteiger partial charge in [0.05, 0.1) is 24.2 Å². The molecule has 6 nitrogen and oxygen atoms in total. The molecule has 0 fully saturated rings. The summed E-state index contributed by atoms with van der Waals surface area (Å²) < 4.78 is 57.6. The van der Waals surface area contributed by atoms with Gasteiger partial charge in [0.1, 0.15) is 17.2 Å². The van der Waals surface area contributed by atoms with Crippen LogP contribution < -0.4 is 9.47 Å². The zero-order chi connectivity index (χ0) is 27.3. The van der Waals surface area contributed by atoms with E-state index in [2.05, 4.69) is 0 Å². The quantitative estimate of drug-likeness (QED) is 0.230. The number of benzene rings is 3. The van der Waals surface area contributed by atoms with Crippen LogP contribution in [0.3, 0.4) is 0 Å². The summed E-state index contributed by atoms with van der Waals surface area (Å²) >= 11 is 6.40. The van der Waals surface area contributed by atoms with Crippen LogP contribution in [0.1, 0.15) is 40.7 Å². The molecule has 0 bridgehead atoms. The Bertz CT molecular complexity index is 1280. The number of carbonyl (C=O) groups is 2. The van der Waals surface area contributed by atoms with E-state index in [-0.39, 0.29) is 46.0 Å². The van der Waals surface area contributed by atoms with E-state index >= 15 is 0 Å². The molecule has 0 saturated heterocycles. The number of nitrogens with zero attached hydrogens (tertiary/aromatic N) is 1. The van der Waals surface area contributed by atoms with Gasteiger partial charge in [-0.25, -0.2) is 4.90 Å². The van der Waals surface area contributed by atoms with Crippen molar-refractivity contribution in [1.29, 1.82) is 0 Å². The van der Waals surface area contributed by atoms with Gasteiger partial charge in [0.2, 0.25) is 0 Å². The fourth-order valence-corrected chi connectivity index (χ4v) is 4.34. The smallest absolute Gasteiger partial charge is 0.487 e. The van der Waals surface area contributed by atoms with Crippen LogP contribution in [0.2, 0.25) is 5.02 Å². The minimum Gasteiger partial charge on any atom is -0.493 e. The molecule has 0 radical (unpaired) electrons. The number of alkyl halides is 3. The molecular weight excluding hydrogens is 523 g/mol. The Morgan fingerprint density at radius 1 is 1.08 bits per heavy atom. The lowest BCUT2D eigenvalue weighted by atomic mass is 9.93.